The van der Waals surface area contributed by atoms with Crippen molar-refractivity contribution in [1.29, 1.82) is 0 Å². The Labute approximate surface area is 237 Å². The quantitative estimate of drug-likeness (QED) is 0.288. The summed E-state index contributed by atoms with van der Waals surface area (Å²) in [6, 6.07) is 11.6. The van der Waals surface area contributed by atoms with Crippen LogP contribution in [-0.4, -0.2) is 25.6 Å². The summed E-state index contributed by atoms with van der Waals surface area (Å²) in [5, 5.41) is 0. The summed E-state index contributed by atoms with van der Waals surface area (Å²) in [7, 11) is 0. The lowest BCUT2D eigenvalue weighted by Gasteiger charge is -2.41. The maximum atomic E-state index is 15.1. The molecule has 1 aliphatic heterocycles. The Morgan fingerprint density at radius 1 is 0.875 bits per heavy atom. The number of aryl methyl sites for hydroxylation is 1. The van der Waals surface area contributed by atoms with Gasteiger partial charge in [0.1, 0.15) is 11.6 Å². The zero-order chi connectivity index (χ0) is 28.1. The third-order valence-corrected chi connectivity index (χ3v) is 9.40. The van der Waals surface area contributed by atoms with Crippen LogP contribution in [0.3, 0.4) is 0 Å². The Bertz CT molecular complexity index is 1090. The second kappa shape index (κ2) is 13.1. The molecule has 2 aromatic carbocycles. The summed E-state index contributed by atoms with van der Waals surface area (Å²) in [5.74, 6) is 0.415. The largest absolute Gasteiger partial charge is 0.432 e. The molecule has 1 saturated heterocycles. The normalized spacial score (nSPS) is 29.6. The number of allylic oxidation sites excluding steroid dienone is 1. The number of benzene rings is 2. The lowest BCUT2D eigenvalue weighted by atomic mass is 9.76. The van der Waals surface area contributed by atoms with Crippen LogP contribution in [0.2, 0.25) is 0 Å². The lowest BCUT2D eigenvalue weighted by molar-refractivity contribution is -0.251. The molecule has 218 valence electrons. The van der Waals surface area contributed by atoms with E-state index in [9.17, 15) is 4.39 Å². The minimum atomic E-state index is -3.37. The molecule has 5 rings (SSSR count). The monoisotopic (exact) mass is 556 g/mol. The number of hydrogen-bond acceptors (Lipinski definition) is 3. The molecule has 0 spiro atoms. The van der Waals surface area contributed by atoms with Crippen molar-refractivity contribution in [3.63, 3.8) is 0 Å². The van der Waals surface area contributed by atoms with Crippen molar-refractivity contribution >= 4 is 0 Å². The first-order valence-corrected chi connectivity index (χ1v) is 15.1. The average molecular weight is 557 g/mol. The summed E-state index contributed by atoms with van der Waals surface area (Å²) in [6.07, 6.45) is 6.86. The van der Waals surface area contributed by atoms with E-state index in [1.165, 1.54) is 37.8 Å². The molecule has 3 fully saturated rings. The summed E-state index contributed by atoms with van der Waals surface area (Å²) >= 11 is 0. The van der Waals surface area contributed by atoms with Crippen LogP contribution >= 0.6 is 0 Å². The molecular weight excluding hydrogens is 513 g/mol. The van der Waals surface area contributed by atoms with E-state index in [-0.39, 0.29) is 18.0 Å². The van der Waals surface area contributed by atoms with Gasteiger partial charge in [0.15, 0.2) is 6.29 Å². The molecule has 2 saturated carbocycles. The minimum absolute atomic E-state index is 0.124. The molecule has 3 nitrogen and oxygen atoms in total. The van der Waals surface area contributed by atoms with Crippen molar-refractivity contribution in [2.24, 2.45) is 29.6 Å². The van der Waals surface area contributed by atoms with Gasteiger partial charge in [-0.15, -0.1) is 6.58 Å². The van der Waals surface area contributed by atoms with Crippen molar-refractivity contribution in [2.75, 3.05) is 13.2 Å². The Morgan fingerprint density at radius 3 is 2.15 bits per heavy atom. The first-order valence-electron chi connectivity index (χ1n) is 15.1. The standard InChI is InChI=1S/C34H43F3O3/c1-3-4-5-24-8-12-26(13-9-24)31-19-18-30(20-32(31)35)40-34(36,37)29-16-14-27(15-17-29)33-38-21-28(22-39-33)25-10-6-23(2)7-11-25/h3,8-9,12-13,18-20,23,25,27-29,33H,1,4-7,10-11,14-17,21-22H2,2H3. The van der Waals surface area contributed by atoms with E-state index in [0.29, 0.717) is 61.9 Å². The summed E-state index contributed by atoms with van der Waals surface area (Å²) in [6.45, 7) is 7.48. The minimum Gasteiger partial charge on any atom is -0.432 e. The van der Waals surface area contributed by atoms with Gasteiger partial charge in [0, 0.05) is 23.5 Å². The number of rotatable bonds is 9. The van der Waals surface area contributed by atoms with E-state index in [1.54, 1.807) is 0 Å². The van der Waals surface area contributed by atoms with Gasteiger partial charge in [-0.1, -0.05) is 50.1 Å². The molecule has 0 radical (unpaired) electrons. The molecule has 2 aromatic rings. The third-order valence-electron chi connectivity index (χ3n) is 9.40. The van der Waals surface area contributed by atoms with Crippen LogP contribution < -0.4 is 4.74 Å². The highest BCUT2D eigenvalue weighted by Crippen LogP contribution is 2.43. The third kappa shape index (κ3) is 7.12. The molecule has 1 heterocycles. The molecule has 3 aliphatic rings. The highest BCUT2D eigenvalue weighted by molar-refractivity contribution is 5.65. The van der Waals surface area contributed by atoms with E-state index >= 15 is 8.78 Å². The molecule has 40 heavy (non-hydrogen) atoms. The van der Waals surface area contributed by atoms with Crippen LogP contribution in [0.15, 0.2) is 55.1 Å². The van der Waals surface area contributed by atoms with Crippen molar-refractivity contribution < 1.29 is 27.4 Å². The average Bonchev–Trinajstić information content (AvgIpc) is 2.97. The molecule has 0 bridgehead atoms. The van der Waals surface area contributed by atoms with Gasteiger partial charge in [0.2, 0.25) is 0 Å². The fraction of sp³-hybridized carbons (Fsp3) is 0.588. The van der Waals surface area contributed by atoms with E-state index in [0.717, 1.165) is 30.4 Å². The van der Waals surface area contributed by atoms with Gasteiger partial charge in [-0.05, 0) is 86.5 Å². The fourth-order valence-corrected chi connectivity index (χ4v) is 6.72. The predicted octanol–water partition coefficient (Wildman–Crippen LogP) is 9.20. The fourth-order valence-electron chi connectivity index (χ4n) is 6.72. The van der Waals surface area contributed by atoms with Gasteiger partial charge < -0.3 is 14.2 Å². The topological polar surface area (TPSA) is 27.7 Å². The maximum Gasteiger partial charge on any atom is 0.400 e. The molecule has 0 unspecified atom stereocenters. The smallest absolute Gasteiger partial charge is 0.400 e. The zero-order valence-electron chi connectivity index (χ0n) is 23.6. The van der Waals surface area contributed by atoms with Gasteiger partial charge >= 0.3 is 6.11 Å². The highest BCUT2D eigenvalue weighted by Gasteiger charge is 2.46. The van der Waals surface area contributed by atoms with Crippen molar-refractivity contribution in [1.82, 2.24) is 0 Å². The summed E-state index contributed by atoms with van der Waals surface area (Å²) < 4.78 is 62.5. The highest BCUT2D eigenvalue weighted by atomic mass is 19.3. The molecule has 0 atom stereocenters. The van der Waals surface area contributed by atoms with E-state index in [2.05, 4.69) is 13.5 Å². The van der Waals surface area contributed by atoms with Crippen molar-refractivity contribution in [3.05, 3.63) is 66.5 Å². The molecule has 0 N–H and O–H groups in total. The Hall–Kier alpha value is -2.31. The maximum absolute atomic E-state index is 15.1. The molecular formula is C34H43F3O3. The van der Waals surface area contributed by atoms with Crippen LogP contribution in [0.25, 0.3) is 11.1 Å². The van der Waals surface area contributed by atoms with Gasteiger partial charge in [-0.2, -0.15) is 8.78 Å². The first-order chi connectivity index (χ1) is 19.3. The molecule has 0 aromatic heterocycles. The van der Waals surface area contributed by atoms with E-state index in [4.69, 9.17) is 14.2 Å². The van der Waals surface area contributed by atoms with Gasteiger partial charge in [-0.25, -0.2) is 4.39 Å². The Balaban J connectivity index is 1.10. The van der Waals surface area contributed by atoms with Crippen molar-refractivity contribution in [2.45, 2.75) is 83.5 Å². The van der Waals surface area contributed by atoms with Gasteiger partial charge in [-0.3, -0.25) is 0 Å². The molecule has 2 aliphatic carbocycles. The predicted molar refractivity (Wildman–Crippen MR) is 152 cm³/mol. The number of halogens is 3. The van der Waals surface area contributed by atoms with Gasteiger partial charge in [0.05, 0.1) is 19.1 Å². The molecule has 6 heteroatoms. The number of ether oxygens (including phenoxy) is 3. The molecule has 0 amide bonds. The van der Waals surface area contributed by atoms with Crippen LogP contribution in [0.4, 0.5) is 13.2 Å². The first kappa shape index (κ1) is 29.2. The van der Waals surface area contributed by atoms with Gasteiger partial charge in [0.25, 0.3) is 0 Å². The van der Waals surface area contributed by atoms with E-state index < -0.39 is 17.8 Å². The Kier molecular flexibility index (Phi) is 9.57. The van der Waals surface area contributed by atoms with Crippen LogP contribution in [0.1, 0.15) is 70.3 Å². The van der Waals surface area contributed by atoms with Crippen LogP contribution in [0.5, 0.6) is 5.75 Å². The summed E-state index contributed by atoms with van der Waals surface area (Å²) in [5.41, 5.74) is 2.20. The second-order valence-electron chi connectivity index (χ2n) is 12.3. The number of hydrogen-bond donors (Lipinski definition) is 0. The Morgan fingerprint density at radius 2 is 1.52 bits per heavy atom. The van der Waals surface area contributed by atoms with Crippen LogP contribution in [-0.2, 0) is 15.9 Å². The SMILES string of the molecule is C=CCCc1ccc(-c2ccc(OC(F)(F)C3CCC(C4OCC(C5CCC(C)CC5)CO4)CC3)cc2F)cc1. The number of alkyl halides is 2. The summed E-state index contributed by atoms with van der Waals surface area (Å²) in [4.78, 5) is 0. The van der Waals surface area contributed by atoms with Crippen LogP contribution in [0, 0.1) is 35.4 Å². The zero-order valence-corrected chi connectivity index (χ0v) is 23.6. The van der Waals surface area contributed by atoms with Crippen molar-refractivity contribution in [3.8, 4) is 16.9 Å². The van der Waals surface area contributed by atoms with E-state index in [1.807, 2.05) is 30.3 Å². The lowest BCUT2D eigenvalue weighted by Crippen LogP contribution is -2.43. The second-order valence-corrected chi connectivity index (χ2v) is 12.3.